The van der Waals surface area contributed by atoms with Gasteiger partial charge in [-0.25, -0.2) is 0 Å². The van der Waals surface area contributed by atoms with Gasteiger partial charge in [-0.2, -0.15) is 0 Å². The van der Waals surface area contributed by atoms with Crippen molar-refractivity contribution in [3.8, 4) is 0 Å². The maximum absolute atomic E-state index is 12.0. The first-order valence-corrected chi connectivity index (χ1v) is 7.62. The van der Waals surface area contributed by atoms with Crippen LogP contribution in [-0.4, -0.2) is 30.9 Å². The standard InChI is InChI=1S/C17H26N2O/c1-13(2)10-11-18-17(20)12-19(3)16-9-8-14-6-4-5-7-15(14)16/h4-7,13,16H,8-12H2,1-3H3,(H,18,20)/t16-/m0/s1. The molecule has 0 spiro atoms. The van der Waals surface area contributed by atoms with Crippen LogP contribution in [-0.2, 0) is 11.2 Å². The average molecular weight is 274 g/mol. The Morgan fingerprint density at radius 1 is 1.40 bits per heavy atom. The molecule has 1 aliphatic rings. The lowest BCUT2D eigenvalue weighted by atomic mass is 10.1. The highest BCUT2D eigenvalue weighted by Gasteiger charge is 2.26. The van der Waals surface area contributed by atoms with Crippen molar-refractivity contribution in [3.63, 3.8) is 0 Å². The molecule has 3 heteroatoms. The summed E-state index contributed by atoms with van der Waals surface area (Å²) in [5.41, 5.74) is 2.83. The Bertz CT molecular complexity index is 456. The fourth-order valence-corrected chi connectivity index (χ4v) is 2.89. The van der Waals surface area contributed by atoms with Crippen molar-refractivity contribution in [2.24, 2.45) is 5.92 Å². The van der Waals surface area contributed by atoms with E-state index >= 15 is 0 Å². The number of aryl methyl sites for hydroxylation is 1. The van der Waals surface area contributed by atoms with Gasteiger partial charge in [-0.1, -0.05) is 38.1 Å². The van der Waals surface area contributed by atoms with E-state index in [9.17, 15) is 4.79 Å². The van der Waals surface area contributed by atoms with E-state index in [0.717, 1.165) is 25.8 Å². The van der Waals surface area contributed by atoms with E-state index in [0.29, 0.717) is 18.5 Å². The van der Waals surface area contributed by atoms with Crippen LogP contribution in [0.3, 0.4) is 0 Å². The van der Waals surface area contributed by atoms with Crippen LogP contribution in [0, 0.1) is 5.92 Å². The largest absolute Gasteiger partial charge is 0.355 e. The van der Waals surface area contributed by atoms with E-state index in [1.165, 1.54) is 11.1 Å². The molecule has 1 aromatic rings. The van der Waals surface area contributed by atoms with Crippen LogP contribution in [0.15, 0.2) is 24.3 Å². The van der Waals surface area contributed by atoms with Crippen LogP contribution in [0.4, 0.5) is 0 Å². The average Bonchev–Trinajstić information content (AvgIpc) is 2.82. The zero-order valence-electron chi connectivity index (χ0n) is 12.9. The highest BCUT2D eigenvalue weighted by atomic mass is 16.2. The van der Waals surface area contributed by atoms with Crippen molar-refractivity contribution in [1.82, 2.24) is 10.2 Å². The molecule has 0 radical (unpaired) electrons. The molecule has 2 rings (SSSR count). The minimum absolute atomic E-state index is 0.137. The second-order valence-electron chi connectivity index (χ2n) is 6.20. The molecule has 1 amide bonds. The molecule has 110 valence electrons. The first-order chi connectivity index (χ1) is 9.58. The first-order valence-electron chi connectivity index (χ1n) is 7.62. The van der Waals surface area contributed by atoms with Crippen LogP contribution in [0.2, 0.25) is 0 Å². The lowest BCUT2D eigenvalue weighted by Gasteiger charge is -2.24. The number of hydrogen-bond acceptors (Lipinski definition) is 2. The lowest BCUT2D eigenvalue weighted by molar-refractivity contribution is -0.122. The minimum Gasteiger partial charge on any atom is -0.355 e. The van der Waals surface area contributed by atoms with Crippen molar-refractivity contribution >= 4 is 5.91 Å². The summed E-state index contributed by atoms with van der Waals surface area (Å²) in [6, 6.07) is 8.97. The third kappa shape index (κ3) is 3.83. The highest BCUT2D eigenvalue weighted by molar-refractivity contribution is 5.78. The van der Waals surface area contributed by atoms with Gasteiger partial charge in [0.05, 0.1) is 6.54 Å². The monoisotopic (exact) mass is 274 g/mol. The number of fused-ring (bicyclic) bond motifs is 1. The Morgan fingerprint density at radius 3 is 2.90 bits per heavy atom. The van der Waals surface area contributed by atoms with Crippen LogP contribution >= 0.6 is 0 Å². The molecule has 0 saturated carbocycles. The number of benzene rings is 1. The lowest BCUT2D eigenvalue weighted by Crippen LogP contribution is -2.37. The van der Waals surface area contributed by atoms with Gasteiger partial charge < -0.3 is 5.32 Å². The molecule has 0 fully saturated rings. The Hall–Kier alpha value is -1.35. The van der Waals surface area contributed by atoms with E-state index in [2.05, 4.69) is 55.4 Å². The molecule has 1 N–H and O–H groups in total. The predicted octanol–water partition coefficient (Wildman–Crippen LogP) is 2.77. The van der Waals surface area contributed by atoms with Gasteiger partial charge in [0.1, 0.15) is 0 Å². The summed E-state index contributed by atoms with van der Waals surface area (Å²) < 4.78 is 0. The summed E-state index contributed by atoms with van der Waals surface area (Å²) in [6.07, 6.45) is 3.29. The molecule has 0 saturated heterocycles. The maximum Gasteiger partial charge on any atom is 0.234 e. The molecule has 0 heterocycles. The van der Waals surface area contributed by atoms with E-state index in [1.807, 2.05) is 0 Å². The third-order valence-electron chi connectivity index (χ3n) is 4.07. The number of rotatable bonds is 6. The molecule has 3 nitrogen and oxygen atoms in total. The second kappa shape index (κ2) is 6.89. The first kappa shape index (κ1) is 15.0. The molecule has 0 aliphatic heterocycles. The van der Waals surface area contributed by atoms with E-state index in [-0.39, 0.29) is 5.91 Å². The van der Waals surface area contributed by atoms with Gasteiger partial charge in [0.15, 0.2) is 0 Å². The van der Waals surface area contributed by atoms with E-state index in [4.69, 9.17) is 0 Å². The fraction of sp³-hybridized carbons (Fsp3) is 0.588. The minimum atomic E-state index is 0.137. The summed E-state index contributed by atoms with van der Waals surface area (Å²) >= 11 is 0. The molecule has 1 aliphatic carbocycles. The molecule has 0 unspecified atom stereocenters. The number of carbonyl (C=O) groups is 1. The fourth-order valence-electron chi connectivity index (χ4n) is 2.89. The normalized spacial score (nSPS) is 17.6. The van der Waals surface area contributed by atoms with Crippen molar-refractivity contribution in [2.75, 3.05) is 20.1 Å². The Labute approximate surface area is 122 Å². The predicted molar refractivity (Wildman–Crippen MR) is 82.6 cm³/mol. The summed E-state index contributed by atoms with van der Waals surface area (Å²) in [7, 11) is 2.05. The van der Waals surface area contributed by atoms with Crippen molar-refractivity contribution in [1.29, 1.82) is 0 Å². The van der Waals surface area contributed by atoms with Crippen LogP contribution < -0.4 is 5.32 Å². The molecule has 0 bridgehead atoms. The smallest absolute Gasteiger partial charge is 0.234 e. The van der Waals surface area contributed by atoms with Crippen LogP contribution in [0.1, 0.15) is 43.9 Å². The molecular formula is C17H26N2O. The number of amides is 1. The van der Waals surface area contributed by atoms with Crippen molar-refractivity contribution in [2.45, 2.75) is 39.2 Å². The zero-order chi connectivity index (χ0) is 14.5. The van der Waals surface area contributed by atoms with Crippen molar-refractivity contribution < 1.29 is 4.79 Å². The Morgan fingerprint density at radius 2 is 2.15 bits per heavy atom. The molecule has 0 aromatic heterocycles. The molecular weight excluding hydrogens is 248 g/mol. The number of nitrogens with one attached hydrogen (secondary N) is 1. The van der Waals surface area contributed by atoms with Gasteiger partial charge in [0.25, 0.3) is 0 Å². The Balaban J connectivity index is 1.84. The summed E-state index contributed by atoms with van der Waals surface area (Å²) in [5.74, 6) is 0.771. The summed E-state index contributed by atoms with van der Waals surface area (Å²) in [5, 5.41) is 3.01. The maximum atomic E-state index is 12.0. The summed E-state index contributed by atoms with van der Waals surface area (Å²) in [4.78, 5) is 14.1. The van der Waals surface area contributed by atoms with Gasteiger partial charge in [-0.05, 0) is 43.4 Å². The second-order valence-corrected chi connectivity index (χ2v) is 6.20. The van der Waals surface area contributed by atoms with Gasteiger partial charge in [-0.3, -0.25) is 9.69 Å². The van der Waals surface area contributed by atoms with Crippen LogP contribution in [0.5, 0.6) is 0 Å². The number of hydrogen-bond donors (Lipinski definition) is 1. The van der Waals surface area contributed by atoms with E-state index < -0.39 is 0 Å². The van der Waals surface area contributed by atoms with Crippen molar-refractivity contribution in [3.05, 3.63) is 35.4 Å². The quantitative estimate of drug-likeness (QED) is 0.865. The van der Waals surface area contributed by atoms with Gasteiger partial charge >= 0.3 is 0 Å². The summed E-state index contributed by atoms with van der Waals surface area (Å²) in [6.45, 7) is 5.62. The highest BCUT2D eigenvalue weighted by Crippen LogP contribution is 2.34. The van der Waals surface area contributed by atoms with Gasteiger partial charge in [0.2, 0.25) is 5.91 Å². The topological polar surface area (TPSA) is 32.3 Å². The van der Waals surface area contributed by atoms with E-state index in [1.54, 1.807) is 0 Å². The number of likely N-dealkylation sites (N-methyl/N-ethyl adjacent to an activating group) is 1. The number of nitrogens with zero attached hydrogens (tertiary/aromatic N) is 1. The third-order valence-corrected chi connectivity index (χ3v) is 4.07. The zero-order valence-corrected chi connectivity index (χ0v) is 12.9. The number of carbonyl (C=O) groups excluding carboxylic acids is 1. The van der Waals surface area contributed by atoms with Gasteiger partial charge in [-0.15, -0.1) is 0 Å². The Kier molecular flexibility index (Phi) is 5.18. The molecule has 1 aromatic carbocycles. The van der Waals surface area contributed by atoms with Gasteiger partial charge in [0, 0.05) is 12.6 Å². The van der Waals surface area contributed by atoms with Crippen LogP contribution in [0.25, 0.3) is 0 Å². The SMILES string of the molecule is CC(C)CCNC(=O)CN(C)[C@H]1CCc2ccccc21. The molecule has 20 heavy (non-hydrogen) atoms. The molecule has 1 atom stereocenters.